The lowest BCUT2D eigenvalue weighted by molar-refractivity contribution is -0.236. The fourth-order valence-corrected chi connectivity index (χ4v) is 7.29. The maximum absolute atomic E-state index is 12.7. The molecule has 1 saturated heterocycles. The van der Waals surface area contributed by atoms with E-state index in [2.05, 4.69) is 20.4 Å². The molecule has 1 aromatic heterocycles. The molecule has 3 fully saturated rings. The van der Waals surface area contributed by atoms with Crippen molar-refractivity contribution >= 4 is 0 Å². The molecule has 0 radical (unpaired) electrons. The largest absolute Gasteiger partial charge is 0.507 e. The summed E-state index contributed by atoms with van der Waals surface area (Å²) in [6, 6.07) is 0. The van der Waals surface area contributed by atoms with Gasteiger partial charge < -0.3 is 19.4 Å². The van der Waals surface area contributed by atoms with Crippen LogP contribution in [0.3, 0.4) is 0 Å². The Bertz CT molecular complexity index is 969. The summed E-state index contributed by atoms with van der Waals surface area (Å²) in [5, 5.41) is 21.3. The molecule has 0 spiro atoms. The predicted octanol–water partition coefficient (Wildman–Crippen LogP) is 5.21. The first-order valence-electron chi connectivity index (χ1n) is 12.2. The van der Waals surface area contributed by atoms with Gasteiger partial charge in [-0.25, -0.2) is 4.79 Å². The fourth-order valence-electron chi connectivity index (χ4n) is 7.29. The number of rotatable bonds is 3. The molecule has 5 heteroatoms. The van der Waals surface area contributed by atoms with E-state index in [1.54, 1.807) is 13.8 Å². The third-order valence-corrected chi connectivity index (χ3v) is 9.45. The van der Waals surface area contributed by atoms with Crippen LogP contribution in [-0.4, -0.2) is 28.0 Å². The van der Waals surface area contributed by atoms with E-state index >= 15 is 0 Å². The second-order valence-electron chi connectivity index (χ2n) is 11.8. The molecule has 2 N–H and O–H groups in total. The number of ether oxygens (including phenoxy) is 1. The Balaban J connectivity index is 1.67. The third kappa shape index (κ3) is 3.56. The lowest BCUT2D eigenvalue weighted by atomic mass is 9.44. The summed E-state index contributed by atoms with van der Waals surface area (Å²) in [4.78, 5) is 12.7. The average molecular weight is 445 g/mol. The lowest BCUT2D eigenvalue weighted by Gasteiger charge is -2.63. The minimum Gasteiger partial charge on any atom is -0.507 e. The lowest BCUT2D eigenvalue weighted by Crippen LogP contribution is -2.61. The van der Waals surface area contributed by atoms with Crippen molar-refractivity contribution in [3.63, 3.8) is 0 Å². The van der Waals surface area contributed by atoms with Crippen molar-refractivity contribution < 1.29 is 19.4 Å². The number of hydrogen-bond acceptors (Lipinski definition) is 5. The molecule has 0 unspecified atom stereocenters. The molecule has 2 saturated carbocycles. The summed E-state index contributed by atoms with van der Waals surface area (Å²) >= 11 is 0. The van der Waals surface area contributed by atoms with E-state index in [1.807, 2.05) is 13.8 Å². The summed E-state index contributed by atoms with van der Waals surface area (Å²) in [5.74, 6) is 1.09. The highest BCUT2D eigenvalue weighted by atomic mass is 16.5. The van der Waals surface area contributed by atoms with E-state index in [0.717, 1.165) is 38.5 Å². The second kappa shape index (κ2) is 7.73. The highest BCUT2D eigenvalue weighted by Crippen LogP contribution is 2.64. The van der Waals surface area contributed by atoms with Crippen LogP contribution >= 0.6 is 0 Å². The Hall–Kier alpha value is -1.59. The van der Waals surface area contributed by atoms with Crippen LogP contribution in [0.4, 0.5) is 0 Å². The Morgan fingerprint density at radius 2 is 1.78 bits per heavy atom. The van der Waals surface area contributed by atoms with Gasteiger partial charge in [-0.15, -0.1) is 0 Å². The van der Waals surface area contributed by atoms with Crippen LogP contribution in [0.5, 0.6) is 5.75 Å². The van der Waals surface area contributed by atoms with Crippen LogP contribution < -0.4 is 5.63 Å². The van der Waals surface area contributed by atoms with Crippen LogP contribution in [0, 0.1) is 36.5 Å². The maximum Gasteiger partial charge on any atom is 0.342 e. The normalized spacial score (nSPS) is 37.7. The number of aryl methyl sites for hydroxylation is 1. The van der Waals surface area contributed by atoms with Crippen molar-refractivity contribution in [2.24, 2.45) is 22.7 Å². The van der Waals surface area contributed by atoms with Crippen molar-refractivity contribution in [3.8, 4) is 5.75 Å². The molecule has 1 aliphatic heterocycles. The summed E-state index contributed by atoms with van der Waals surface area (Å²) in [6.45, 7) is 16.3. The molecule has 2 heterocycles. The van der Waals surface area contributed by atoms with Crippen molar-refractivity contribution in [1.82, 2.24) is 0 Å². The Labute approximate surface area is 191 Å². The first kappa shape index (κ1) is 23.6. The number of fused-ring (bicyclic) bond motifs is 3. The molecule has 1 aromatic rings. The van der Waals surface area contributed by atoms with Gasteiger partial charge in [0, 0.05) is 5.56 Å². The summed E-state index contributed by atoms with van der Waals surface area (Å²) in [5.41, 5.74) is 0.937. The van der Waals surface area contributed by atoms with Crippen LogP contribution in [0.15, 0.2) is 21.4 Å². The topological polar surface area (TPSA) is 79.9 Å². The van der Waals surface area contributed by atoms with Crippen molar-refractivity contribution in [2.75, 3.05) is 0 Å². The van der Waals surface area contributed by atoms with Crippen LogP contribution in [0.2, 0.25) is 0 Å². The zero-order chi connectivity index (χ0) is 23.6. The van der Waals surface area contributed by atoms with Gasteiger partial charge in [-0.1, -0.05) is 26.0 Å². The molecule has 0 amide bonds. The fraction of sp³-hybridized carbons (Fsp3) is 0.741. The molecular weight excluding hydrogens is 404 g/mol. The van der Waals surface area contributed by atoms with Gasteiger partial charge in [-0.3, -0.25) is 0 Å². The molecule has 5 nitrogen and oxygen atoms in total. The van der Waals surface area contributed by atoms with E-state index < -0.39 is 11.2 Å². The first-order chi connectivity index (χ1) is 14.8. The Kier molecular flexibility index (Phi) is 5.69. The van der Waals surface area contributed by atoms with Gasteiger partial charge in [0.15, 0.2) is 0 Å². The van der Waals surface area contributed by atoms with Gasteiger partial charge in [0.25, 0.3) is 0 Å². The summed E-state index contributed by atoms with van der Waals surface area (Å²) < 4.78 is 11.9. The van der Waals surface area contributed by atoms with Gasteiger partial charge in [0.1, 0.15) is 11.5 Å². The van der Waals surface area contributed by atoms with E-state index in [-0.39, 0.29) is 34.7 Å². The first-order valence-corrected chi connectivity index (χ1v) is 12.2. The molecule has 2 aliphatic carbocycles. The van der Waals surface area contributed by atoms with E-state index in [9.17, 15) is 15.0 Å². The number of aliphatic hydroxyl groups is 1. The minimum absolute atomic E-state index is 0.0246. The monoisotopic (exact) mass is 444 g/mol. The van der Waals surface area contributed by atoms with Crippen LogP contribution in [0.25, 0.3) is 0 Å². The molecule has 32 heavy (non-hydrogen) atoms. The summed E-state index contributed by atoms with van der Waals surface area (Å²) in [6.07, 6.45) is 6.29. The Morgan fingerprint density at radius 1 is 1.12 bits per heavy atom. The predicted molar refractivity (Wildman–Crippen MR) is 125 cm³/mol. The SMILES string of the molecule is C=C1CC[C@@H]2[C@](C)(CC[C@H]3O[C@H](C(C)(C)O)CC[C@@]23C)[C@@H]1Cc1c(O)c(C)c(C)oc1=O. The second-order valence-corrected chi connectivity index (χ2v) is 11.8. The number of allylic oxidation sites excluding steroid dienone is 1. The van der Waals surface area contributed by atoms with E-state index in [4.69, 9.17) is 9.15 Å². The zero-order valence-corrected chi connectivity index (χ0v) is 20.6. The smallest absolute Gasteiger partial charge is 0.342 e. The average Bonchev–Trinajstić information content (AvgIpc) is 2.69. The highest BCUT2D eigenvalue weighted by Gasteiger charge is 2.60. The molecule has 0 bridgehead atoms. The minimum atomic E-state index is -0.833. The molecule has 0 aromatic carbocycles. The Morgan fingerprint density at radius 3 is 2.44 bits per heavy atom. The van der Waals surface area contributed by atoms with E-state index in [0.29, 0.717) is 29.2 Å². The van der Waals surface area contributed by atoms with Crippen LogP contribution in [-0.2, 0) is 11.2 Å². The van der Waals surface area contributed by atoms with Gasteiger partial charge in [-0.05, 0) is 95.3 Å². The van der Waals surface area contributed by atoms with Gasteiger partial charge in [-0.2, -0.15) is 0 Å². The summed E-state index contributed by atoms with van der Waals surface area (Å²) in [7, 11) is 0. The standard InChI is InChI=1S/C27H40O5/c1-15-8-9-20-26(6,19(15)14-18-23(28)16(2)17(3)31-24(18)29)12-11-22-27(20,7)13-10-21(32-22)25(4,5)30/h19-22,28,30H,1,8-14H2,2-7H3/t19-,20-,21+,22-,26-,27+/m1/s1. The van der Waals surface area contributed by atoms with Crippen LogP contribution in [0.1, 0.15) is 83.1 Å². The molecule has 6 atom stereocenters. The van der Waals surface area contributed by atoms with Gasteiger partial charge >= 0.3 is 5.63 Å². The highest BCUT2D eigenvalue weighted by molar-refractivity contribution is 5.40. The third-order valence-electron chi connectivity index (χ3n) is 9.45. The van der Waals surface area contributed by atoms with Crippen molar-refractivity contribution in [3.05, 3.63) is 39.5 Å². The number of hydrogen-bond donors (Lipinski definition) is 2. The maximum atomic E-state index is 12.7. The molecule has 4 rings (SSSR count). The van der Waals surface area contributed by atoms with Crippen molar-refractivity contribution in [1.29, 1.82) is 0 Å². The number of aromatic hydroxyl groups is 1. The van der Waals surface area contributed by atoms with Crippen molar-refractivity contribution in [2.45, 2.75) is 104 Å². The quantitative estimate of drug-likeness (QED) is 0.626. The zero-order valence-electron chi connectivity index (χ0n) is 20.6. The molecular formula is C27H40O5. The molecule has 3 aliphatic rings. The van der Waals surface area contributed by atoms with Gasteiger partial charge in [0.2, 0.25) is 0 Å². The molecule has 178 valence electrons. The van der Waals surface area contributed by atoms with Gasteiger partial charge in [0.05, 0.1) is 23.4 Å². The van der Waals surface area contributed by atoms with E-state index in [1.165, 1.54) is 5.57 Å².